The molecule has 3 heteroatoms. The van der Waals surface area contributed by atoms with Crippen LogP contribution in [0.3, 0.4) is 0 Å². The SMILES string of the molecule is CCC1(CC)C(=O)C(C)(C)C(=O)OC1C#Cc1ccccc1. The third-order valence-corrected chi connectivity index (χ3v) is 4.64. The first-order chi connectivity index (χ1) is 10.4. The van der Waals surface area contributed by atoms with Crippen molar-refractivity contribution in [2.24, 2.45) is 10.8 Å². The molecule has 1 aliphatic heterocycles. The van der Waals surface area contributed by atoms with Crippen molar-refractivity contribution in [3.05, 3.63) is 35.9 Å². The lowest BCUT2D eigenvalue weighted by molar-refractivity contribution is -0.183. The second-order valence-electron chi connectivity index (χ2n) is 6.24. The molecule has 0 spiro atoms. The summed E-state index contributed by atoms with van der Waals surface area (Å²) in [7, 11) is 0. The van der Waals surface area contributed by atoms with Crippen LogP contribution in [0.15, 0.2) is 30.3 Å². The quantitative estimate of drug-likeness (QED) is 0.478. The molecule has 1 heterocycles. The molecule has 0 bridgehead atoms. The van der Waals surface area contributed by atoms with Crippen molar-refractivity contribution in [1.82, 2.24) is 0 Å². The van der Waals surface area contributed by atoms with Crippen LogP contribution in [0.5, 0.6) is 0 Å². The zero-order chi connectivity index (χ0) is 16.4. The van der Waals surface area contributed by atoms with Gasteiger partial charge >= 0.3 is 5.97 Å². The molecule has 0 amide bonds. The first kappa shape index (κ1) is 16.3. The Kier molecular flexibility index (Phi) is 4.42. The van der Waals surface area contributed by atoms with E-state index in [0.29, 0.717) is 12.8 Å². The number of carbonyl (C=O) groups excluding carboxylic acids is 2. The van der Waals surface area contributed by atoms with Crippen molar-refractivity contribution in [3.63, 3.8) is 0 Å². The minimum Gasteiger partial charge on any atom is -0.447 e. The van der Waals surface area contributed by atoms with Crippen molar-refractivity contribution in [2.45, 2.75) is 46.6 Å². The minimum atomic E-state index is -1.10. The van der Waals surface area contributed by atoms with Gasteiger partial charge in [0, 0.05) is 5.56 Å². The summed E-state index contributed by atoms with van der Waals surface area (Å²) in [6.07, 6.45) is 0.524. The summed E-state index contributed by atoms with van der Waals surface area (Å²) in [6.45, 7) is 7.18. The number of Topliss-reactive ketones (excluding diaryl/α,β-unsaturated/α-hetero) is 1. The van der Waals surface area contributed by atoms with Crippen LogP contribution < -0.4 is 0 Å². The van der Waals surface area contributed by atoms with Gasteiger partial charge in [-0.25, -0.2) is 0 Å². The summed E-state index contributed by atoms with van der Waals surface area (Å²) >= 11 is 0. The van der Waals surface area contributed by atoms with Gasteiger partial charge < -0.3 is 4.74 Å². The van der Waals surface area contributed by atoms with E-state index in [1.807, 2.05) is 44.2 Å². The number of cyclic esters (lactones) is 1. The van der Waals surface area contributed by atoms with E-state index in [-0.39, 0.29) is 5.78 Å². The maximum Gasteiger partial charge on any atom is 0.320 e. The first-order valence-electron chi connectivity index (χ1n) is 7.71. The molecular weight excluding hydrogens is 276 g/mol. The van der Waals surface area contributed by atoms with E-state index in [2.05, 4.69) is 11.8 Å². The number of carbonyl (C=O) groups is 2. The molecule has 1 aromatic carbocycles. The predicted molar refractivity (Wildman–Crippen MR) is 85.0 cm³/mol. The second kappa shape index (κ2) is 5.96. The van der Waals surface area contributed by atoms with Gasteiger partial charge in [0.2, 0.25) is 0 Å². The molecule has 3 nitrogen and oxygen atoms in total. The molecule has 116 valence electrons. The smallest absolute Gasteiger partial charge is 0.320 e. The van der Waals surface area contributed by atoms with Crippen LogP contribution in [0, 0.1) is 22.7 Å². The molecule has 1 unspecified atom stereocenters. The summed E-state index contributed by atoms with van der Waals surface area (Å²) in [6, 6.07) is 9.50. The first-order valence-corrected chi connectivity index (χ1v) is 7.71. The highest BCUT2D eigenvalue weighted by Gasteiger charge is 2.57. The normalized spacial score (nSPS) is 22.5. The fourth-order valence-electron chi connectivity index (χ4n) is 2.98. The highest BCUT2D eigenvalue weighted by atomic mass is 16.5. The molecule has 1 aliphatic rings. The number of hydrogen-bond acceptors (Lipinski definition) is 3. The van der Waals surface area contributed by atoms with E-state index >= 15 is 0 Å². The third kappa shape index (κ3) is 2.54. The molecule has 0 aromatic heterocycles. The van der Waals surface area contributed by atoms with E-state index < -0.39 is 22.9 Å². The van der Waals surface area contributed by atoms with E-state index in [9.17, 15) is 9.59 Å². The van der Waals surface area contributed by atoms with Gasteiger partial charge in [-0.1, -0.05) is 43.9 Å². The van der Waals surface area contributed by atoms with Crippen LogP contribution >= 0.6 is 0 Å². The molecule has 22 heavy (non-hydrogen) atoms. The van der Waals surface area contributed by atoms with Crippen molar-refractivity contribution < 1.29 is 14.3 Å². The molecule has 2 rings (SSSR count). The molecule has 0 aliphatic carbocycles. The number of ketones is 1. The monoisotopic (exact) mass is 298 g/mol. The van der Waals surface area contributed by atoms with Gasteiger partial charge in [-0.15, -0.1) is 0 Å². The molecular formula is C19H22O3. The van der Waals surface area contributed by atoms with Crippen molar-refractivity contribution in [2.75, 3.05) is 0 Å². The minimum absolute atomic E-state index is 0.0615. The number of hydrogen-bond donors (Lipinski definition) is 0. The highest BCUT2D eigenvalue weighted by molar-refractivity contribution is 6.08. The lowest BCUT2D eigenvalue weighted by Gasteiger charge is -2.44. The van der Waals surface area contributed by atoms with Crippen LogP contribution in [-0.2, 0) is 14.3 Å². The third-order valence-electron chi connectivity index (χ3n) is 4.64. The number of esters is 1. The van der Waals surface area contributed by atoms with Crippen molar-refractivity contribution in [3.8, 4) is 11.8 Å². The van der Waals surface area contributed by atoms with Crippen molar-refractivity contribution in [1.29, 1.82) is 0 Å². The van der Waals surface area contributed by atoms with E-state index in [1.54, 1.807) is 13.8 Å². The lowest BCUT2D eigenvalue weighted by atomic mass is 9.63. The maximum absolute atomic E-state index is 12.9. The Bertz CT molecular complexity index is 628. The summed E-state index contributed by atoms with van der Waals surface area (Å²) in [5, 5.41) is 0. The Hall–Kier alpha value is -2.08. The van der Waals surface area contributed by atoms with Crippen LogP contribution in [0.2, 0.25) is 0 Å². The maximum atomic E-state index is 12.9. The van der Waals surface area contributed by atoms with Crippen molar-refractivity contribution >= 4 is 11.8 Å². The van der Waals surface area contributed by atoms with Gasteiger partial charge in [0.1, 0.15) is 5.41 Å². The number of benzene rings is 1. The molecule has 1 fully saturated rings. The largest absolute Gasteiger partial charge is 0.447 e. The lowest BCUT2D eigenvalue weighted by Crippen LogP contribution is -2.57. The van der Waals surface area contributed by atoms with Gasteiger partial charge in [0.25, 0.3) is 0 Å². The zero-order valence-corrected chi connectivity index (χ0v) is 13.6. The van der Waals surface area contributed by atoms with Gasteiger partial charge in [-0.2, -0.15) is 0 Å². The van der Waals surface area contributed by atoms with Crippen LogP contribution in [0.4, 0.5) is 0 Å². The topological polar surface area (TPSA) is 43.4 Å². The Morgan fingerprint density at radius 2 is 1.68 bits per heavy atom. The van der Waals surface area contributed by atoms with E-state index in [4.69, 9.17) is 4.74 Å². The number of rotatable bonds is 2. The van der Waals surface area contributed by atoms with Crippen LogP contribution in [-0.4, -0.2) is 17.9 Å². The fraction of sp³-hybridized carbons (Fsp3) is 0.474. The second-order valence-corrected chi connectivity index (χ2v) is 6.24. The Balaban J connectivity index is 2.43. The Labute approximate surface area is 132 Å². The van der Waals surface area contributed by atoms with Crippen LogP contribution in [0.25, 0.3) is 0 Å². The summed E-state index contributed by atoms with van der Waals surface area (Å²) in [5.74, 6) is 5.50. The molecule has 1 saturated heterocycles. The van der Waals surface area contributed by atoms with Gasteiger partial charge in [-0.05, 0) is 38.8 Å². The number of ether oxygens (including phenoxy) is 1. The average Bonchev–Trinajstić information content (AvgIpc) is 2.53. The van der Waals surface area contributed by atoms with Gasteiger partial charge in [-0.3, -0.25) is 9.59 Å². The van der Waals surface area contributed by atoms with Gasteiger partial charge in [0.15, 0.2) is 11.9 Å². The standard InChI is InChI=1S/C19H22O3/c1-5-19(6-2)15(13-12-14-10-8-7-9-11-14)22-17(21)18(3,4)16(19)20/h7-11,15H,5-6H2,1-4H3. The van der Waals surface area contributed by atoms with Gasteiger partial charge in [0.05, 0.1) is 5.41 Å². The summed E-state index contributed by atoms with van der Waals surface area (Å²) in [5.41, 5.74) is -0.979. The molecule has 1 atom stereocenters. The summed E-state index contributed by atoms with van der Waals surface area (Å²) in [4.78, 5) is 25.1. The molecule has 0 saturated carbocycles. The molecule has 1 aromatic rings. The van der Waals surface area contributed by atoms with Crippen LogP contribution in [0.1, 0.15) is 46.1 Å². The Morgan fingerprint density at radius 3 is 2.23 bits per heavy atom. The predicted octanol–water partition coefficient (Wildman–Crippen LogP) is 3.37. The Morgan fingerprint density at radius 1 is 1.09 bits per heavy atom. The van der Waals surface area contributed by atoms with E-state index in [1.165, 1.54) is 0 Å². The fourth-order valence-corrected chi connectivity index (χ4v) is 2.98. The highest BCUT2D eigenvalue weighted by Crippen LogP contribution is 2.44. The molecule has 0 radical (unpaired) electrons. The molecule has 0 N–H and O–H groups in total. The zero-order valence-electron chi connectivity index (χ0n) is 13.6. The average molecular weight is 298 g/mol. The van der Waals surface area contributed by atoms with E-state index in [0.717, 1.165) is 5.56 Å². The summed E-state index contributed by atoms with van der Waals surface area (Å²) < 4.78 is 5.56.